The number of amides is 5. The first-order valence-corrected chi connectivity index (χ1v) is 7.35. The molecule has 0 aromatic heterocycles. The van der Waals surface area contributed by atoms with Crippen LogP contribution in [0.3, 0.4) is 0 Å². The summed E-state index contributed by atoms with van der Waals surface area (Å²) in [7, 11) is 0. The van der Waals surface area contributed by atoms with Gasteiger partial charge in [-0.3, -0.25) is 19.3 Å². The number of hydrogen-bond acceptors (Lipinski definition) is 5. The van der Waals surface area contributed by atoms with Gasteiger partial charge in [0, 0.05) is 25.2 Å². The Bertz CT molecular complexity index is 690. The van der Waals surface area contributed by atoms with E-state index in [0.29, 0.717) is 6.54 Å². The third-order valence-corrected chi connectivity index (χ3v) is 3.74. The minimum atomic E-state index is -1.33. The van der Waals surface area contributed by atoms with Crippen LogP contribution in [-0.4, -0.2) is 58.3 Å². The highest BCUT2D eigenvalue weighted by Crippen LogP contribution is 2.23. The fraction of sp³-hybridized carbons (Fsp3) is 0.333. The summed E-state index contributed by atoms with van der Waals surface area (Å²) in [5.41, 5.74) is 5.38. The van der Waals surface area contributed by atoms with E-state index in [1.54, 1.807) is 19.1 Å². The maximum Gasteiger partial charge on any atom is 0.325 e. The Morgan fingerprint density at radius 1 is 1.25 bits per heavy atom. The average molecular weight is 334 g/mol. The second-order valence-electron chi connectivity index (χ2n) is 5.19. The van der Waals surface area contributed by atoms with E-state index in [9.17, 15) is 24.3 Å². The number of urea groups is 1. The van der Waals surface area contributed by atoms with Crippen molar-refractivity contribution in [3.05, 3.63) is 29.8 Å². The highest BCUT2D eigenvalue weighted by Gasteiger charge is 2.37. The number of benzene rings is 1. The third-order valence-electron chi connectivity index (χ3n) is 3.74. The number of primary amides is 1. The molecule has 0 radical (unpaired) electrons. The number of para-hydroxylation sites is 1. The Hall–Kier alpha value is -3.10. The van der Waals surface area contributed by atoms with Crippen LogP contribution < -0.4 is 11.1 Å². The van der Waals surface area contributed by atoms with E-state index < -0.39 is 29.8 Å². The molecule has 1 saturated heterocycles. The molecule has 1 heterocycles. The molecule has 0 spiro atoms. The van der Waals surface area contributed by atoms with Gasteiger partial charge in [-0.15, -0.1) is 0 Å². The van der Waals surface area contributed by atoms with Crippen molar-refractivity contribution in [2.75, 3.05) is 19.6 Å². The first kappa shape index (κ1) is 17.3. The zero-order chi connectivity index (χ0) is 17.9. The standard InChI is InChI=1S/C15H18N4O5/c1-2-18-7-8-19(14(23)13(18)22)15(24)17-11(12(16)21)9-5-3-4-6-10(9)20/h3-6,11,20H,2,7-8H2,1H3,(H2,16,21)(H,17,24). The number of phenols is 1. The molecule has 1 aliphatic rings. The van der Waals surface area contributed by atoms with Gasteiger partial charge < -0.3 is 21.1 Å². The first-order valence-electron chi connectivity index (χ1n) is 7.35. The number of phenolic OH excluding ortho intramolecular Hbond substituents is 1. The third kappa shape index (κ3) is 3.29. The van der Waals surface area contributed by atoms with Crippen molar-refractivity contribution in [2.45, 2.75) is 13.0 Å². The van der Waals surface area contributed by atoms with Crippen LogP contribution in [0, 0.1) is 0 Å². The molecule has 1 aromatic carbocycles. The minimum absolute atomic E-state index is 0.0104. The number of nitrogens with one attached hydrogen (secondary N) is 1. The van der Waals surface area contributed by atoms with Crippen LogP contribution in [-0.2, 0) is 14.4 Å². The number of piperazine rings is 1. The van der Waals surface area contributed by atoms with Crippen molar-refractivity contribution in [3.63, 3.8) is 0 Å². The molecule has 128 valence electrons. The SMILES string of the molecule is CCN1CCN(C(=O)NC(C(N)=O)c2ccccc2O)C(=O)C1=O. The zero-order valence-corrected chi connectivity index (χ0v) is 13.1. The molecule has 0 bridgehead atoms. The lowest BCUT2D eigenvalue weighted by Crippen LogP contribution is -2.58. The number of hydrogen-bond donors (Lipinski definition) is 3. The second-order valence-corrected chi connectivity index (χ2v) is 5.19. The molecule has 4 N–H and O–H groups in total. The Balaban J connectivity index is 2.18. The average Bonchev–Trinajstić information content (AvgIpc) is 2.55. The van der Waals surface area contributed by atoms with Crippen LogP contribution in [0.5, 0.6) is 5.75 Å². The van der Waals surface area contributed by atoms with Crippen LogP contribution in [0.25, 0.3) is 0 Å². The predicted molar refractivity (Wildman–Crippen MR) is 82.5 cm³/mol. The maximum absolute atomic E-state index is 12.3. The van der Waals surface area contributed by atoms with Gasteiger partial charge in [-0.25, -0.2) is 4.79 Å². The van der Waals surface area contributed by atoms with E-state index in [2.05, 4.69) is 5.32 Å². The molecule has 0 saturated carbocycles. The van der Waals surface area contributed by atoms with E-state index in [-0.39, 0.29) is 24.4 Å². The van der Waals surface area contributed by atoms with Gasteiger partial charge in [-0.05, 0) is 13.0 Å². The summed E-state index contributed by atoms with van der Waals surface area (Å²) < 4.78 is 0. The Labute approximate surface area is 138 Å². The van der Waals surface area contributed by atoms with E-state index in [4.69, 9.17) is 5.73 Å². The molecule has 1 aliphatic heterocycles. The molecule has 24 heavy (non-hydrogen) atoms. The Morgan fingerprint density at radius 2 is 1.92 bits per heavy atom. The summed E-state index contributed by atoms with van der Waals surface area (Å²) in [6, 6.07) is 3.62. The van der Waals surface area contributed by atoms with Crippen LogP contribution in [0.15, 0.2) is 24.3 Å². The molecule has 0 aliphatic carbocycles. The van der Waals surface area contributed by atoms with Crippen LogP contribution in [0.4, 0.5) is 4.79 Å². The van der Waals surface area contributed by atoms with E-state index in [1.807, 2.05) is 0 Å². The van der Waals surface area contributed by atoms with Gasteiger partial charge in [0.15, 0.2) is 0 Å². The molecule has 1 fully saturated rings. The van der Waals surface area contributed by atoms with Crippen molar-refractivity contribution >= 4 is 23.8 Å². The maximum atomic E-state index is 12.3. The number of nitrogens with zero attached hydrogens (tertiary/aromatic N) is 2. The molecule has 2 rings (SSSR count). The second kappa shape index (κ2) is 6.99. The quantitative estimate of drug-likeness (QED) is 0.627. The van der Waals surface area contributed by atoms with Gasteiger partial charge in [-0.2, -0.15) is 0 Å². The summed E-state index contributed by atoms with van der Waals surface area (Å²) in [4.78, 5) is 49.8. The topological polar surface area (TPSA) is 133 Å². The first-order chi connectivity index (χ1) is 11.4. The summed E-state index contributed by atoms with van der Waals surface area (Å²) in [6.07, 6.45) is 0. The highest BCUT2D eigenvalue weighted by atomic mass is 16.3. The fourth-order valence-corrected chi connectivity index (χ4v) is 2.41. The van der Waals surface area contributed by atoms with E-state index in [1.165, 1.54) is 17.0 Å². The van der Waals surface area contributed by atoms with E-state index in [0.717, 1.165) is 4.90 Å². The predicted octanol–water partition coefficient (Wildman–Crippen LogP) is -0.681. The van der Waals surface area contributed by atoms with Gasteiger partial charge in [0.25, 0.3) is 0 Å². The lowest BCUT2D eigenvalue weighted by Gasteiger charge is -2.32. The summed E-state index contributed by atoms with van der Waals surface area (Å²) in [5.74, 6) is -2.88. The smallest absolute Gasteiger partial charge is 0.325 e. The Kier molecular flexibility index (Phi) is 5.02. The van der Waals surface area contributed by atoms with Crippen LogP contribution in [0.1, 0.15) is 18.5 Å². The number of carbonyl (C=O) groups excluding carboxylic acids is 4. The number of nitrogens with two attached hydrogens (primary N) is 1. The molecule has 9 nitrogen and oxygen atoms in total. The largest absolute Gasteiger partial charge is 0.508 e. The van der Waals surface area contributed by atoms with E-state index >= 15 is 0 Å². The number of likely N-dealkylation sites (N-methyl/N-ethyl adjacent to an activating group) is 1. The van der Waals surface area contributed by atoms with Gasteiger partial charge in [0.05, 0.1) is 0 Å². The van der Waals surface area contributed by atoms with Crippen LogP contribution >= 0.6 is 0 Å². The number of carbonyl (C=O) groups is 4. The van der Waals surface area contributed by atoms with Crippen molar-refractivity contribution in [1.82, 2.24) is 15.1 Å². The van der Waals surface area contributed by atoms with Gasteiger partial charge in [0.2, 0.25) is 5.91 Å². The summed E-state index contributed by atoms with van der Waals surface area (Å²) >= 11 is 0. The normalized spacial score (nSPS) is 16.0. The molecular weight excluding hydrogens is 316 g/mol. The summed E-state index contributed by atoms with van der Waals surface area (Å²) in [5, 5.41) is 12.1. The van der Waals surface area contributed by atoms with Crippen molar-refractivity contribution in [1.29, 1.82) is 0 Å². The number of rotatable bonds is 4. The molecule has 1 unspecified atom stereocenters. The number of imide groups is 1. The molecule has 1 aromatic rings. The van der Waals surface area contributed by atoms with Gasteiger partial charge in [-0.1, -0.05) is 18.2 Å². The van der Waals surface area contributed by atoms with Crippen molar-refractivity contribution < 1.29 is 24.3 Å². The minimum Gasteiger partial charge on any atom is -0.508 e. The van der Waals surface area contributed by atoms with Gasteiger partial charge >= 0.3 is 17.8 Å². The van der Waals surface area contributed by atoms with Crippen molar-refractivity contribution in [2.24, 2.45) is 5.73 Å². The lowest BCUT2D eigenvalue weighted by atomic mass is 10.1. The molecule has 9 heteroatoms. The van der Waals surface area contributed by atoms with Crippen LogP contribution in [0.2, 0.25) is 0 Å². The molecule has 5 amide bonds. The monoisotopic (exact) mass is 334 g/mol. The van der Waals surface area contributed by atoms with Gasteiger partial charge in [0.1, 0.15) is 11.8 Å². The number of aromatic hydroxyl groups is 1. The molecule has 1 atom stereocenters. The lowest BCUT2D eigenvalue weighted by molar-refractivity contribution is -0.153. The Morgan fingerprint density at radius 3 is 2.50 bits per heavy atom. The molecular formula is C15H18N4O5. The fourth-order valence-electron chi connectivity index (χ4n) is 2.41. The highest BCUT2D eigenvalue weighted by molar-refractivity contribution is 6.38. The zero-order valence-electron chi connectivity index (χ0n) is 13.1. The summed E-state index contributed by atoms with van der Waals surface area (Å²) in [6.45, 7) is 2.31. The van der Waals surface area contributed by atoms with Crippen molar-refractivity contribution in [3.8, 4) is 5.75 Å².